The van der Waals surface area contributed by atoms with Crippen molar-refractivity contribution >= 4 is 27.4 Å². The Hall–Kier alpha value is -2.87. The number of alkyl halides is 5. The molecule has 1 aliphatic heterocycles. The summed E-state index contributed by atoms with van der Waals surface area (Å²) in [7, 11) is -4.20. The lowest BCUT2D eigenvalue weighted by Crippen LogP contribution is -2.40. The average Bonchev–Trinajstić information content (AvgIpc) is 3.24. The van der Waals surface area contributed by atoms with Crippen LogP contribution in [0.15, 0.2) is 35.6 Å². The number of carbonyl (C=O) groups excluding carboxylic acids is 1. The number of primary sulfonamides is 1. The van der Waals surface area contributed by atoms with Crippen LogP contribution in [-0.4, -0.2) is 43.3 Å². The molecule has 178 valence electrons. The maximum Gasteiger partial charge on any atom is 0.417 e. The van der Waals surface area contributed by atoms with Gasteiger partial charge in [0.25, 0.3) is 21.9 Å². The predicted octanol–water partition coefficient (Wildman–Crippen LogP) is 3.02. The molecule has 1 saturated heterocycles. The molecule has 8 nitrogen and oxygen atoms in total. The van der Waals surface area contributed by atoms with Crippen LogP contribution in [0.1, 0.15) is 35.2 Å². The summed E-state index contributed by atoms with van der Waals surface area (Å²) in [6.07, 6.45) is -2.90. The largest absolute Gasteiger partial charge is 0.417 e. The number of pyridine rings is 2. The highest BCUT2D eigenvalue weighted by atomic mass is 32.2. The van der Waals surface area contributed by atoms with Crippen LogP contribution in [-0.2, 0) is 16.2 Å². The Morgan fingerprint density at radius 3 is 2.52 bits per heavy atom. The maximum absolute atomic E-state index is 13.9. The van der Waals surface area contributed by atoms with Crippen LogP contribution >= 0.6 is 0 Å². The first-order valence-electron chi connectivity index (χ1n) is 9.72. The number of anilines is 2. The van der Waals surface area contributed by atoms with Gasteiger partial charge in [0.1, 0.15) is 5.82 Å². The third-order valence-corrected chi connectivity index (χ3v) is 6.62. The fourth-order valence-electron chi connectivity index (χ4n) is 4.01. The Morgan fingerprint density at radius 1 is 1.21 bits per heavy atom. The van der Waals surface area contributed by atoms with Gasteiger partial charge in [-0.3, -0.25) is 4.79 Å². The summed E-state index contributed by atoms with van der Waals surface area (Å²) < 4.78 is 90.6. The number of halogens is 5. The summed E-state index contributed by atoms with van der Waals surface area (Å²) in [6.45, 7) is 0.0881. The van der Waals surface area contributed by atoms with E-state index in [9.17, 15) is 35.2 Å². The summed E-state index contributed by atoms with van der Waals surface area (Å²) in [6, 6.07) is 2.74. The van der Waals surface area contributed by atoms with Crippen molar-refractivity contribution in [1.29, 1.82) is 0 Å². The summed E-state index contributed by atoms with van der Waals surface area (Å²) in [5.41, 5.74) is -3.05. The number of hydrogen-bond acceptors (Lipinski definition) is 6. The van der Waals surface area contributed by atoms with Crippen molar-refractivity contribution < 1.29 is 35.2 Å². The third kappa shape index (κ3) is 4.49. The van der Waals surface area contributed by atoms with Gasteiger partial charge >= 0.3 is 6.18 Å². The van der Waals surface area contributed by atoms with Crippen molar-refractivity contribution in [2.24, 2.45) is 10.6 Å². The average molecular weight is 491 g/mol. The van der Waals surface area contributed by atoms with E-state index in [1.54, 1.807) is 0 Å². The molecule has 0 bridgehead atoms. The van der Waals surface area contributed by atoms with Gasteiger partial charge in [-0.25, -0.2) is 32.3 Å². The molecule has 1 spiro atoms. The van der Waals surface area contributed by atoms with E-state index in [-0.39, 0.29) is 37.4 Å². The quantitative estimate of drug-likeness (QED) is 0.635. The first-order valence-corrected chi connectivity index (χ1v) is 11.3. The monoisotopic (exact) mass is 491 g/mol. The standard InChI is InChI=1S/C19H18F5N5O3S/c20-18(21)9-17(18)3-1-5-29(10-17)15-13(6-11(8-27-15)19(22,23)24)16(30)28-12-2-4-26-14(7-12)33(25,31)32/h2,4,6-8H,1,3,5,9-10H2,(H2,25,31,32)(H,26,28,30)/t17-/m0/s1. The van der Waals surface area contributed by atoms with E-state index in [4.69, 9.17) is 5.14 Å². The fourth-order valence-corrected chi connectivity index (χ4v) is 4.51. The summed E-state index contributed by atoms with van der Waals surface area (Å²) in [4.78, 5) is 21.7. The van der Waals surface area contributed by atoms with Gasteiger partial charge in [-0.05, 0) is 25.0 Å². The third-order valence-electron chi connectivity index (χ3n) is 5.81. The molecule has 3 N–H and O–H groups in total. The molecule has 4 rings (SSSR count). The van der Waals surface area contributed by atoms with Crippen LogP contribution in [0.3, 0.4) is 0 Å². The second-order valence-electron chi connectivity index (χ2n) is 8.16. The van der Waals surface area contributed by atoms with Gasteiger partial charge in [-0.2, -0.15) is 13.2 Å². The molecule has 2 aliphatic rings. The van der Waals surface area contributed by atoms with E-state index in [1.807, 2.05) is 0 Å². The number of aromatic nitrogens is 2. The lowest BCUT2D eigenvalue weighted by molar-refractivity contribution is -0.137. The molecule has 2 fully saturated rings. The minimum atomic E-state index is -4.80. The van der Waals surface area contributed by atoms with E-state index in [2.05, 4.69) is 15.3 Å². The number of nitrogens with zero attached hydrogens (tertiary/aromatic N) is 3. The minimum absolute atomic E-state index is 0.0915. The highest BCUT2D eigenvalue weighted by molar-refractivity contribution is 7.89. The molecule has 1 atom stereocenters. The normalized spacial score (nSPS) is 22.3. The molecule has 0 unspecified atom stereocenters. The van der Waals surface area contributed by atoms with Crippen LogP contribution in [0.4, 0.5) is 33.5 Å². The molecule has 1 aliphatic carbocycles. The van der Waals surface area contributed by atoms with Crippen molar-refractivity contribution in [2.45, 2.75) is 36.4 Å². The highest BCUT2D eigenvalue weighted by Crippen LogP contribution is 2.64. The molecule has 2 aromatic heterocycles. The van der Waals surface area contributed by atoms with Crippen LogP contribution in [0.2, 0.25) is 0 Å². The molecule has 33 heavy (non-hydrogen) atoms. The van der Waals surface area contributed by atoms with Crippen molar-refractivity contribution in [2.75, 3.05) is 23.3 Å². The van der Waals surface area contributed by atoms with Gasteiger partial charge in [0.15, 0.2) is 5.03 Å². The van der Waals surface area contributed by atoms with Crippen molar-refractivity contribution in [3.05, 3.63) is 41.7 Å². The molecule has 3 heterocycles. The van der Waals surface area contributed by atoms with Crippen LogP contribution < -0.4 is 15.4 Å². The van der Waals surface area contributed by atoms with Crippen molar-refractivity contribution in [3.8, 4) is 0 Å². The van der Waals surface area contributed by atoms with Crippen molar-refractivity contribution in [1.82, 2.24) is 9.97 Å². The number of nitrogens with one attached hydrogen (secondary N) is 1. The van der Waals surface area contributed by atoms with Crippen molar-refractivity contribution in [3.63, 3.8) is 0 Å². The number of amides is 1. The summed E-state index contributed by atoms with van der Waals surface area (Å²) in [5.74, 6) is -4.07. The second-order valence-corrected chi connectivity index (χ2v) is 9.67. The first-order chi connectivity index (χ1) is 15.2. The number of carbonyl (C=O) groups is 1. The Balaban J connectivity index is 1.69. The Bertz CT molecular complexity index is 1220. The van der Waals surface area contributed by atoms with Crippen LogP contribution in [0, 0.1) is 5.41 Å². The molecule has 0 aromatic carbocycles. The van der Waals surface area contributed by atoms with Gasteiger partial charge in [-0.15, -0.1) is 0 Å². The van der Waals surface area contributed by atoms with E-state index in [0.717, 1.165) is 12.3 Å². The topological polar surface area (TPSA) is 118 Å². The van der Waals surface area contributed by atoms with Gasteiger partial charge in [0.05, 0.1) is 16.5 Å². The Morgan fingerprint density at radius 2 is 1.91 bits per heavy atom. The van der Waals surface area contributed by atoms with Crippen LogP contribution in [0.25, 0.3) is 0 Å². The summed E-state index contributed by atoms with van der Waals surface area (Å²) >= 11 is 0. The van der Waals surface area contributed by atoms with Gasteiger partial charge in [-0.1, -0.05) is 0 Å². The number of sulfonamides is 1. The number of rotatable bonds is 4. The van der Waals surface area contributed by atoms with Gasteiger partial charge in [0, 0.05) is 43.7 Å². The van der Waals surface area contributed by atoms with Gasteiger partial charge in [0.2, 0.25) is 0 Å². The Kier molecular flexibility index (Phi) is 5.35. The first kappa shape index (κ1) is 23.3. The molecule has 0 radical (unpaired) electrons. The minimum Gasteiger partial charge on any atom is -0.355 e. The molecule has 2 aromatic rings. The number of hydrogen-bond donors (Lipinski definition) is 2. The van der Waals surface area contributed by atoms with E-state index < -0.39 is 49.6 Å². The van der Waals surface area contributed by atoms with E-state index in [0.29, 0.717) is 18.7 Å². The molecule has 1 saturated carbocycles. The smallest absolute Gasteiger partial charge is 0.355 e. The second kappa shape index (κ2) is 7.58. The SMILES string of the molecule is NS(=O)(=O)c1cc(NC(=O)c2cc(C(F)(F)F)cnc2N2CCC[C@@]3(C2)CC3(F)F)ccn1. The van der Waals surface area contributed by atoms with E-state index >= 15 is 0 Å². The highest BCUT2D eigenvalue weighted by Gasteiger charge is 2.71. The predicted molar refractivity (Wildman–Crippen MR) is 106 cm³/mol. The molecule has 1 amide bonds. The zero-order valence-electron chi connectivity index (χ0n) is 16.9. The van der Waals surface area contributed by atoms with Gasteiger partial charge < -0.3 is 10.2 Å². The number of piperidine rings is 1. The maximum atomic E-state index is 13.9. The zero-order valence-corrected chi connectivity index (χ0v) is 17.7. The lowest BCUT2D eigenvalue weighted by atomic mass is 9.94. The zero-order chi connectivity index (χ0) is 24.2. The fraction of sp³-hybridized carbons (Fsp3) is 0.421. The number of nitrogens with two attached hydrogens (primary N) is 1. The molecule has 14 heteroatoms. The molecular formula is C19H18F5N5O3S. The van der Waals surface area contributed by atoms with Crippen LogP contribution in [0.5, 0.6) is 0 Å². The molecular weight excluding hydrogens is 473 g/mol. The lowest BCUT2D eigenvalue weighted by Gasteiger charge is -2.35. The Labute approximate surface area is 185 Å². The van der Waals surface area contributed by atoms with E-state index in [1.165, 1.54) is 11.0 Å². The summed E-state index contributed by atoms with van der Waals surface area (Å²) in [5, 5.41) is 6.75.